The fourth-order valence-corrected chi connectivity index (χ4v) is 2.45. The molecule has 0 nitrogen and oxygen atoms in total. The van der Waals surface area contributed by atoms with Crippen LogP contribution in [0.4, 0.5) is 0 Å². The zero-order chi connectivity index (χ0) is 19.3. The largest absolute Gasteiger partial charge is 0.0982 e. The van der Waals surface area contributed by atoms with Crippen molar-refractivity contribution in [2.24, 2.45) is 0 Å². The summed E-state index contributed by atoms with van der Waals surface area (Å²) in [6.07, 6.45) is 16.0. The molecule has 0 rings (SSSR count). The Morgan fingerprint density at radius 3 is 1.46 bits per heavy atom. The first-order chi connectivity index (χ1) is 12.8. The van der Waals surface area contributed by atoms with Crippen LogP contribution >= 0.6 is 0 Å². The minimum atomic E-state index is 0.961. The van der Waals surface area contributed by atoms with Gasteiger partial charge in [-0.3, -0.25) is 0 Å². The van der Waals surface area contributed by atoms with Crippen LogP contribution in [0.2, 0.25) is 0 Å². The second-order valence-corrected chi connectivity index (χ2v) is 6.88. The minimum absolute atomic E-state index is 0.961. The molecular formula is C26H40. The molecular weight excluding hydrogens is 312 g/mol. The maximum Gasteiger partial charge on any atom is 0.0859 e. The summed E-state index contributed by atoms with van der Waals surface area (Å²) in [6, 6.07) is 0. The van der Waals surface area contributed by atoms with Gasteiger partial charge in [0, 0.05) is 24.8 Å². The summed E-state index contributed by atoms with van der Waals surface area (Å²) in [7, 11) is 0. The monoisotopic (exact) mass is 352 g/mol. The van der Waals surface area contributed by atoms with Gasteiger partial charge in [0.25, 0.3) is 0 Å². The van der Waals surface area contributed by atoms with Crippen LogP contribution in [-0.2, 0) is 0 Å². The molecule has 0 atom stereocenters. The number of hydrogen-bond donors (Lipinski definition) is 0. The van der Waals surface area contributed by atoms with E-state index in [1.807, 2.05) is 0 Å². The third-order valence-corrected chi connectivity index (χ3v) is 4.21. The van der Waals surface area contributed by atoms with Gasteiger partial charge in [-0.15, -0.1) is 0 Å². The van der Waals surface area contributed by atoms with Crippen LogP contribution in [0.5, 0.6) is 0 Å². The number of rotatable bonds is 11. The SMILES string of the molecule is CCCCC#C/C(C#CCCCCC)=C(/C#CCCCCC)CCCC. The summed E-state index contributed by atoms with van der Waals surface area (Å²) >= 11 is 0. The molecule has 0 heteroatoms. The minimum Gasteiger partial charge on any atom is -0.0982 e. The fraction of sp³-hybridized carbons (Fsp3) is 0.692. The van der Waals surface area contributed by atoms with Crippen LogP contribution in [0.1, 0.15) is 118 Å². The van der Waals surface area contributed by atoms with Crippen molar-refractivity contribution in [1.82, 2.24) is 0 Å². The molecule has 0 heterocycles. The Bertz CT molecular complexity index is 542. The number of allylic oxidation sites excluding steroid dienone is 2. The Hall–Kier alpha value is -1.58. The van der Waals surface area contributed by atoms with Gasteiger partial charge in [-0.05, 0) is 32.1 Å². The van der Waals surface area contributed by atoms with Crippen molar-refractivity contribution < 1.29 is 0 Å². The van der Waals surface area contributed by atoms with Crippen LogP contribution in [0.25, 0.3) is 0 Å². The second-order valence-electron chi connectivity index (χ2n) is 6.88. The molecule has 0 unspecified atom stereocenters. The predicted molar refractivity (Wildman–Crippen MR) is 118 cm³/mol. The van der Waals surface area contributed by atoms with Gasteiger partial charge in [-0.1, -0.05) is 102 Å². The molecule has 0 aliphatic rings. The molecule has 0 amide bonds. The van der Waals surface area contributed by atoms with Crippen molar-refractivity contribution >= 4 is 0 Å². The Labute approximate surface area is 164 Å². The topological polar surface area (TPSA) is 0 Å². The predicted octanol–water partition coefficient (Wildman–Crippen LogP) is 7.83. The Morgan fingerprint density at radius 2 is 0.962 bits per heavy atom. The summed E-state index contributed by atoms with van der Waals surface area (Å²) in [5, 5.41) is 0. The maximum atomic E-state index is 3.43. The summed E-state index contributed by atoms with van der Waals surface area (Å²) in [5.74, 6) is 20.2. The van der Waals surface area contributed by atoms with Crippen LogP contribution in [-0.4, -0.2) is 0 Å². The van der Waals surface area contributed by atoms with E-state index >= 15 is 0 Å². The van der Waals surface area contributed by atoms with Gasteiger partial charge in [0.1, 0.15) is 0 Å². The Kier molecular flexibility index (Phi) is 18.5. The van der Waals surface area contributed by atoms with Crippen LogP contribution in [0.3, 0.4) is 0 Å². The molecule has 26 heavy (non-hydrogen) atoms. The lowest BCUT2D eigenvalue weighted by Crippen LogP contribution is -1.88. The molecule has 0 radical (unpaired) electrons. The second kappa shape index (κ2) is 19.7. The van der Waals surface area contributed by atoms with E-state index < -0.39 is 0 Å². The van der Waals surface area contributed by atoms with Crippen LogP contribution in [0, 0.1) is 35.5 Å². The van der Waals surface area contributed by atoms with E-state index in [4.69, 9.17) is 0 Å². The molecule has 0 aromatic rings. The zero-order valence-electron chi connectivity index (χ0n) is 17.9. The van der Waals surface area contributed by atoms with Gasteiger partial charge in [-0.25, -0.2) is 0 Å². The van der Waals surface area contributed by atoms with Gasteiger partial charge >= 0.3 is 0 Å². The smallest absolute Gasteiger partial charge is 0.0859 e. The fourth-order valence-electron chi connectivity index (χ4n) is 2.45. The first-order valence-electron chi connectivity index (χ1n) is 11.0. The molecule has 0 aliphatic heterocycles. The summed E-state index contributed by atoms with van der Waals surface area (Å²) in [4.78, 5) is 0. The van der Waals surface area contributed by atoms with E-state index in [0.717, 1.165) is 44.1 Å². The average Bonchev–Trinajstić information content (AvgIpc) is 2.66. The molecule has 144 valence electrons. The van der Waals surface area contributed by atoms with E-state index in [1.54, 1.807) is 0 Å². The molecule has 0 saturated carbocycles. The normalized spacial score (nSPS) is 10.6. The van der Waals surface area contributed by atoms with Gasteiger partial charge in [0.05, 0.1) is 5.57 Å². The average molecular weight is 353 g/mol. The molecule has 0 N–H and O–H groups in total. The Morgan fingerprint density at radius 1 is 0.500 bits per heavy atom. The van der Waals surface area contributed by atoms with E-state index in [0.29, 0.717) is 0 Å². The summed E-state index contributed by atoms with van der Waals surface area (Å²) < 4.78 is 0. The molecule has 0 spiro atoms. The highest BCUT2D eigenvalue weighted by Gasteiger charge is 2.00. The van der Waals surface area contributed by atoms with Crippen molar-refractivity contribution in [2.45, 2.75) is 118 Å². The third-order valence-electron chi connectivity index (χ3n) is 4.21. The van der Waals surface area contributed by atoms with Crippen LogP contribution in [0.15, 0.2) is 11.1 Å². The van der Waals surface area contributed by atoms with Crippen molar-refractivity contribution in [3.8, 4) is 35.5 Å². The summed E-state index contributed by atoms with van der Waals surface area (Å²) in [5.41, 5.74) is 2.17. The molecule has 0 aromatic heterocycles. The summed E-state index contributed by atoms with van der Waals surface area (Å²) in [6.45, 7) is 8.91. The van der Waals surface area contributed by atoms with Gasteiger partial charge in [0.15, 0.2) is 0 Å². The van der Waals surface area contributed by atoms with E-state index in [9.17, 15) is 0 Å². The van der Waals surface area contributed by atoms with Gasteiger partial charge in [-0.2, -0.15) is 0 Å². The maximum absolute atomic E-state index is 3.43. The third kappa shape index (κ3) is 14.7. The van der Waals surface area contributed by atoms with E-state index in [-0.39, 0.29) is 0 Å². The lowest BCUT2D eigenvalue weighted by Gasteiger charge is -2.00. The standard InChI is InChI=1S/C26H40/c1-5-9-13-16-19-23-25(21-12-8-4)26(22-18-15-11-7-3)24-20-17-14-10-6-2/h5-17,21H2,1-4H3/b26-25-. The van der Waals surface area contributed by atoms with E-state index in [1.165, 1.54) is 56.9 Å². The quantitative estimate of drug-likeness (QED) is 0.262. The molecule has 0 aliphatic carbocycles. The first kappa shape index (κ1) is 24.4. The zero-order valence-corrected chi connectivity index (χ0v) is 17.9. The van der Waals surface area contributed by atoms with Crippen molar-refractivity contribution in [3.63, 3.8) is 0 Å². The highest BCUT2D eigenvalue weighted by atomic mass is 14.0. The first-order valence-corrected chi connectivity index (χ1v) is 11.0. The van der Waals surface area contributed by atoms with Crippen molar-refractivity contribution in [1.29, 1.82) is 0 Å². The van der Waals surface area contributed by atoms with Crippen molar-refractivity contribution in [3.05, 3.63) is 11.1 Å². The number of hydrogen-bond acceptors (Lipinski definition) is 0. The molecule has 0 bridgehead atoms. The van der Waals surface area contributed by atoms with Gasteiger partial charge in [0.2, 0.25) is 0 Å². The molecule has 0 aromatic carbocycles. The highest BCUT2D eigenvalue weighted by Crippen LogP contribution is 2.12. The molecule has 0 fully saturated rings. The molecule has 0 saturated heterocycles. The van der Waals surface area contributed by atoms with Gasteiger partial charge < -0.3 is 0 Å². The van der Waals surface area contributed by atoms with E-state index in [2.05, 4.69) is 63.2 Å². The van der Waals surface area contributed by atoms with Crippen LogP contribution < -0.4 is 0 Å². The Balaban J connectivity index is 5.32. The number of unbranched alkanes of at least 4 members (excludes halogenated alkanes) is 9. The van der Waals surface area contributed by atoms with Crippen molar-refractivity contribution in [2.75, 3.05) is 0 Å². The lowest BCUT2D eigenvalue weighted by molar-refractivity contribution is 0.737. The lowest BCUT2D eigenvalue weighted by atomic mass is 10.0. The highest BCUT2D eigenvalue weighted by molar-refractivity contribution is 5.53.